The van der Waals surface area contributed by atoms with Crippen molar-refractivity contribution in [2.24, 2.45) is 0 Å². The number of aryl methyl sites for hydroxylation is 2. The monoisotopic (exact) mass is 554 g/mol. The van der Waals surface area contributed by atoms with Gasteiger partial charge in [-0.3, -0.25) is 9.59 Å². The van der Waals surface area contributed by atoms with Crippen molar-refractivity contribution in [3.8, 4) is 11.1 Å². The van der Waals surface area contributed by atoms with E-state index in [9.17, 15) is 19.5 Å². The zero-order valence-electron chi connectivity index (χ0n) is 24.1. The highest BCUT2D eigenvalue weighted by atomic mass is 32.2. The molecule has 0 bridgehead atoms. The Morgan fingerprint density at radius 2 is 1.82 bits per heavy atom. The number of hydrogen-bond donors (Lipinski definition) is 2. The van der Waals surface area contributed by atoms with E-state index in [1.807, 2.05) is 54.5 Å². The molecule has 2 amide bonds. The van der Waals surface area contributed by atoms with Crippen LogP contribution in [0.5, 0.6) is 0 Å². The summed E-state index contributed by atoms with van der Waals surface area (Å²) in [5, 5.41) is 12.1. The summed E-state index contributed by atoms with van der Waals surface area (Å²) in [5.41, 5.74) is 4.55. The Morgan fingerprint density at radius 1 is 1.10 bits per heavy atom. The number of unbranched alkanes of at least 4 members (excludes halogenated alkanes) is 1. The maximum Gasteiger partial charge on any atom is 0.326 e. The molecular weight excluding hydrogens is 508 g/mol. The second-order valence-electron chi connectivity index (χ2n) is 10.2. The third kappa shape index (κ3) is 10.4. The molecule has 3 rings (SSSR count). The molecule has 1 atom stereocenters. The molecule has 0 aliphatic heterocycles. The zero-order chi connectivity index (χ0) is 28.6. The molecule has 2 aromatic rings. The fraction of sp³-hybridized carbons (Fsp3) is 0.531. The van der Waals surface area contributed by atoms with Crippen LogP contribution in [0.15, 0.2) is 42.5 Å². The first-order valence-corrected chi connectivity index (χ1v) is 15.7. The number of carboxylic acid groups (broad SMARTS) is 1. The average Bonchev–Trinajstić information content (AvgIpc) is 2.96. The topological polar surface area (TPSA) is 86.7 Å². The lowest BCUT2D eigenvalue weighted by Crippen LogP contribution is -2.41. The molecule has 1 unspecified atom stereocenters. The lowest BCUT2D eigenvalue weighted by atomic mass is 9.93. The van der Waals surface area contributed by atoms with Gasteiger partial charge in [-0.1, -0.05) is 75.9 Å². The predicted octanol–water partition coefficient (Wildman–Crippen LogP) is 6.74. The highest BCUT2D eigenvalue weighted by molar-refractivity contribution is 7.98. The molecule has 1 aliphatic rings. The number of amides is 2. The molecule has 1 fully saturated rings. The lowest BCUT2D eigenvalue weighted by molar-refractivity contribution is -0.139. The standard InChI is InChI=1S/C21H25NO3S.C11H21NO/c1-4-15-9-10-17(18(13-15)16-8-6-5-7-14(16)2)20(23)22-19(21(24)25)11-12-26-3;1-2-3-9-12(10-13)11-7-5-4-6-8-11/h5-10,13,19H,4,11-12H2,1-3H3,(H,22,23)(H,24,25);10-11H,2-9H2,1H3. The Labute approximate surface area is 238 Å². The van der Waals surface area contributed by atoms with Crippen LogP contribution in [0.25, 0.3) is 11.1 Å². The lowest BCUT2D eigenvalue weighted by Gasteiger charge is -2.31. The first-order chi connectivity index (χ1) is 18.9. The van der Waals surface area contributed by atoms with Gasteiger partial charge in [-0.25, -0.2) is 4.79 Å². The van der Waals surface area contributed by atoms with E-state index in [1.54, 1.807) is 17.8 Å². The summed E-state index contributed by atoms with van der Waals surface area (Å²) < 4.78 is 0. The summed E-state index contributed by atoms with van der Waals surface area (Å²) >= 11 is 1.56. The van der Waals surface area contributed by atoms with E-state index in [4.69, 9.17) is 0 Å². The quantitative estimate of drug-likeness (QED) is 0.268. The molecule has 1 saturated carbocycles. The van der Waals surface area contributed by atoms with Crippen LogP contribution in [-0.2, 0) is 16.0 Å². The van der Waals surface area contributed by atoms with Crippen molar-refractivity contribution in [1.82, 2.24) is 10.2 Å². The number of carbonyl (C=O) groups is 3. The Hall–Kier alpha value is -2.80. The molecule has 1 aliphatic carbocycles. The molecule has 0 spiro atoms. The Kier molecular flexibility index (Phi) is 14.7. The van der Waals surface area contributed by atoms with Crippen LogP contribution in [-0.4, -0.2) is 58.9 Å². The summed E-state index contributed by atoms with van der Waals surface area (Å²) in [6, 6.07) is 13.3. The highest BCUT2D eigenvalue weighted by Gasteiger charge is 2.23. The maximum atomic E-state index is 12.8. The number of carbonyl (C=O) groups excluding carboxylic acids is 2. The van der Waals surface area contributed by atoms with Gasteiger partial charge >= 0.3 is 5.97 Å². The molecule has 7 heteroatoms. The van der Waals surface area contributed by atoms with Crippen molar-refractivity contribution in [2.75, 3.05) is 18.6 Å². The van der Waals surface area contributed by atoms with Gasteiger partial charge in [-0.15, -0.1) is 0 Å². The fourth-order valence-corrected chi connectivity index (χ4v) is 5.38. The smallest absolute Gasteiger partial charge is 0.326 e. The summed E-state index contributed by atoms with van der Waals surface area (Å²) in [6.07, 6.45) is 13.0. The predicted molar refractivity (Wildman–Crippen MR) is 162 cm³/mol. The second kappa shape index (κ2) is 17.7. The van der Waals surface area contributed by atoms with Crippen molar-refractivity contribution in [3.63, 3.8) is 0 Å². The summed E-state index contributed by atoms with van der Waals surface area (Å²) in [5.74, 6) is -0.675. The third-order valence-corrected chi connectivity index (χ3v) is 7.98. The first kappa shape index (κ1) is 32.4. The van der Waals surface area contributed by atoms with Gasteiger partial charge in [0.15, 0.2) is 0 Å². The molecule has 0 saturated heterocycles. The van der Waals surface area contributed by atoms with Crippen molar-refractivity contribution < 1.29 is 19.5 Å². The van der Waals surface area contributed by atoms with E-state index in [-0.39, 0.29) is 5.91 Å². The molecule has 2 N–H and O–H groups in total. The van der Waals surface area contributed by atoms with Crippen LogP contribution in [0, 0.1) is 6.92 Å². The van der Waals surface area contributed by atoms with Gasteiger partial charge in [-0.2, -0.15) is 11.8 Å². The molecule has 2 aromatic carbocycles. The molecule has 214 valence electrons. The number of nitrogens with zero attached hydrogens (tertiary/aromatic N) is 1. The molecule has 0 heterocycles. The van der Waals surface area contributed by atoms with Crippen LogP contribution < -0.4 is 5.32 Å². The normalized spacial score (nSPS) is 14.1. The minimum absolute atomic E-state index is 0.348. The molecule has 0 aromatic heterocycles. The van der Waals surface area contributed by atoms with Crippen LogP contribution >= 0.6 is 11.8 Å². The van der Waals surface area contributed by atoms with Crippen molar-refractivity contribution in [2.45, 2.75) is 90.6 Å². The van der Waals surface area contributed by atoms with Crippen molar-refractivity contribution in [3.05, 3.63) is 59.2 Å². The van der Waals surface area contributed by atoms with Gasteiger partial charge < -0.3 is 15.3 Å². The second-order valence-corrected chi connectivity index (χ2v) is 11.2. The minimum Gasteiger partial charge on any atom is -0.480 e. The number of aliphatic carboxylic acids is 1. The fourth-order valence-electron chi connectivity index (χ4n) is 4.91. The van der Waals surface area contributed by atoms with Crippen LogP contribution in [0.3, 0.4) is 0 Å². The van der Waals surface area contributed by atoms with Crippen molar-refractivity contribution in [1.29, 1.82) is 0 Å². The van der Waals surface area contributed by atoms with Gasteiger partial charge in [0.25, 0.3) is 5.91 Å². The minimum atomic E-state index is -1.00. The average molecular weight is 555 g/mol. The van der Waals surface area contributed by atoms with Crippen molar-refractivity contribution >= 4 is 30.0 Å². The van der Waals surface area contributed by atoms with E-state index in [0.29, 0.717) is 23.8 Å². The van der Waals surface area contributed by atoms with Gasteiger partial charge in [0.2, 0.25) is 6.41 Å². The summed E-state index contributed by atoms with van der Waals surface area (Å²) in [4.78, 5) is 37.2. The van der Waals surface area contributed by atoms with E-state index in [0.717, 1.165) is 48.1 Å². The third-order valence-electron chi connectivity index (χ3n) is 7.34. The van der Waals surface area contributed by atoms with Gasteiger partial charge in [-0.05, 0) is 79.4 Å². The Balaban J connectivity index is 0.000000344. The number of carboxylic acids is 1. The first-order valence-electron chi connectivity index (χ1n) is 14.3. The largest absolute Gasteiger partial charge is 0.480 e. The van der Waals surface area contributed by atoms with E-state index < -0.39 is 12.0 Å². The maximum absolute atomic E-state index is 12.8. The Morgan fingerprint density at radius 3 is 2.41 bits per heavy atom. The van der Waals surface area contributed by atoms with E-state index in [1.165, 1.54) is 38.5 Å². The highest BCUT2D eigenvalue weighted by Crippen LogP contribution is 2.28. The van der Waals surface area contributed by atoms with Gasteiger partial charge in [0, 0.05) is 18.2 Å². The SMILES string of the molecule is CCCCN(C=O)C1CCCCC1.CCc1ccc(C(=O)NC(CCSC)C(=O)O)c(-c2ccccc2C)c1. The molecule has 39 heavy (non-hydrogen) atoms. The molecular formula is C32H46N2O4S. The molecule has 6 nitrogen and oxygen atoms in total. The summed E-state index contributed by atoms with van der Waals surface area (Å²) in [7, 11) is 0. The zero-order valence-corrected chi connectivity index (χ0v) is 24.9. The van der Waals surface area contributed by atoms with Gasteiger partial charge in [0.1, 0.15) is 6.04 Å². The van der Waals surface area contributed by atoms with Crippen LogP contribution in [0.2, 0.25) is 0 Å². The number of hydrogen-bond acceptors (Lipinski definition) is 4. The van der Waals surface area contributed by atoms with Crippen LogP contribution in [0.4, 0.5) is 0 Å². The number of rotatable bonds is 13. The number of benzene rings is 2. The number of nitrogens with one attached hydrogen (secondary N) is 1. The van der Waals surface area contributed by atoms with Crippen LogP contribution in [0.1, 0.15) is 86.7 Å². The summed E-state index contributed by atoms with van der Waals surface area (Å²) in [6.45, 7) is 7.21. The van der Waals surface area contributed by atoms with E-state index in [2.05, 4.69) is 19.2 Å². The number of thioether (sulfide) groups is 1. The van der Waals surface area contributed by atoms with Gasteiger partial charge in [0.05, 0.1) is 0 Å². The van der Waals surface area contributed by atoms with E-state index >= 15 is 0 Å². The molecule has 0 radical (unpaired) electrons. The Bertz CT molecular complexity index is 1050.